The zero-order valence-corrected chi connectivity index (χ0v) is 11.6. The van der Waals surface area contributed by atoms with Crippen molar-refractivity contribution in [2.75, 3.05) is 12.8 Å². The summed E-state index contributed by atoms with van der Waals surface area (Å²) in [6.07, 6.45) is 7.72. The molecule has 1 saturated heterocycles. The molecule has 0 amide bonds. The van der Waals surface area contributed by atoms with E-state index in [0.717, 1.165) is 30.8 Å². The number of hydrogen-bond donors (Lipinski definition) is 0. The van der Waals surface area contributed by atoms with E-state index < -0.39 is 6.04 Å². The second-order valence-electron chi connectivity index (χ2n) is 5.74. The van der Waals surface area contributed by atoms with Gasteiger partial charge in [-0.2, -0.15) is 0 Å². The number of allylic oxidation sites excluding steroid dienone is 2. The summed E-state index contributed by atoms with van der Waals surface area (Å²) in [5.41, 5.74) is 4.01. The Bertz CT molecular complexity index is 424. The van der Waals surface area contributed by atoms with Crippen LogP contribution in [0.3, 0.4) is 0 Å². The van der Waals surface area contributed by atoms with Gasteiger partial charge in [-0.15, -0.1) is 0 Å². The van der Waals surface area contributed by atoms with Crippen LogP contribution >= 0.6 is 6.04 Å². The van der Waals surface area contributed by atoms with Crippen LogP contribution in [0.25, 0.3) is 0 Å². The van der Waals surface area contributed by atoms with Gasteiger partial charge in [-0.1, -0.05) is 23.0 Å². The smallest absolute Gasteiger partial charge is 0.137 e. The van der Waals surface area contributed by atoms with Crippen molar-refractivity contribution in [3.05, 3.63) is 11.1 Å². The molecule has 3 heteroatoms. The molecule has 0 aromatic rings. The molecule has 1 aliphatic heterocycles. The number of carbonyl (C=O) groups excluding carboxylic acids is 1. The largest absolute Gasteiger partial charge is 0.299 e. The molecule has 0 saturated carbocycles. The molecular formula is C13H19OPS. The molecule has 0 bridgehead atoms. The minimum atomic E-state index is -1.04. The number of fused-ring (bicyclic) bond motifs is 2. The van der Waals surface area contributed by atoms with Gasteiger partial charge in [0.05, 0.1) is 0 Å². The van der Waals surface area contributed by atoms with Gasteiger partial charge >= 0.3 is 0 Å². The van der Waals surface area contributed by atoms with Gasteiger partial charge < -0.3 is 0 Å². The van der Waals surface area contributed by atoms with Crippen molar-refractivity contribution in [3.63, 3.8) is 0 Å². The van der Waals surface area contributed by atoms with E-state index >= 15 is 0 Å². The monoisotopic (exact) mass is 254 g/mol. The fourth-order valence-electron chi connectivity index (χ4n) is 3.92. The standard InChI is InChI=1S/C13H19OPS/c1-15(16)7-6-12-11-4-3-10(14)8-9(11)2-5-13(12)15/h12-13H,2-8H2,1H3/t12-,13-,15?/m0/s1. The van der Waals surface area contributed by atoms with Gasteiger partial charge in [0.15, 0.2) is 0 Å². The molecule has 3 atom stereocenters. The molecule has 1 fully saturated rings. The van der Waals surface area contributed by atoms with Crippen LogP contribution in [-0.4, -0.2) is 24.3 Å². The Labute approximate surface area is 103 Å². The van der Waals surface area contributed by atoms with E-state index in [0.29, 0.717) is 5.78 Å². The van der Waals surface area contributed by atoms with Crippen molar-refractivity contribution in [1.29, 1.82) is 0 Å². The van der Waals surface area contributed by atoms with Crippen LogP contribution in [-0.2, 0) is 16.6 Å². The van der Waals surface area contributed by atoms with Crippen LogP contribution < -0.4 is 0 Å². The lowest BCUT2D eigenvalue weighted by molar-refractivity contribution is -0.118. The molecular weight excluding hydrogens is 235 g/mol. The van der Waals surface area contributed by atoms with E-state index in [2.05, 4.69) is 6.66 Å². The Kier molecular flexibility index (Phi) is 2.64. The summed E-state index contributed by atoms with van der Waals surface area (Å²) in [5.74, 6) is 1.25. The number of ketones is 1. The van der Waals surface area contributed by atoms with Crippen molar-refractivity contribution in [1.82, 2.24) is 0 Å². The summed E-state index contributed by atoms with van der Waals surface area (Å²) in [7, 11) is 0. The maximum atomic E-state index is 11.5. The summed E-state index contributed by atoms with van der Waals surface area (Å²) in [6.45, 7) is 2.37. The van der Waals surface area contributed by atoms with Gasteiger partial charge in [-0.3, -0.25) is 4.79 Å². The number of rotatable bonds is 0. The first-order valence-corrected chi connectivity index (χ1v) is 9.87. The zero-order valence-electron chi connectivity index (χ0n) is 9.87. The highest BCUT2D eigenvalue weighted by Crippen LogP contribution is 2.63. The first-order valence-electron chi connectivity index (χ1n) is 6.36. The Hall–Kier alpha value is 0.0600. The highest BCUT2D eigenvalue weighted by molar-refractivity contribution is 8.14. The number of Topliss-reactive ketones (excluding diaryl/α,β-unsaturated/α-hetero) is 1. The third-order valence-electron chi connectivity index (χ3n) is 4.78. The van der Waals surface area contributed by atoms with E-state index in [9.17, 15) is 4.79 Å². The SMILES string of the molecule is CP1(=S)CC[C@H]2C3=C(CC[C@@H]21)CC(=O)CC3. The Morgan fingerprint density at radius 1 is 1.25 bits per heavy atom. The van der Waals surface area contributed by atoms with Crippen LogP contribution in [0.5, 0.6) is 0 Å². The molecule has 0 N–H and O–H groups in total. The van der Waals surface area contributed by atoms with Crippen LogP contribution in [0.2, 0.25) is 0 Å². The fraction of sp³-hybridized carbons (Fsp3) is 0.769. The molecule has 0 radical (unpaired) electrons. The van der Waals surface area contributed by atoms with E-state index in [1.54, 1.807) is 5.57 Å². The third-order valence-corrected chi connectivity index (χ3v) is 9.30. The van der Waals surface area contributed by atoms with Crippen LogP contribution in [0.15, 0.2) is 11.1 Å². The summed E-state index contributed by atoms with van der Waals surface area (Å²) >= 11 is 5.84. The molecule has 3 aliphatic rings. The molecule has 3 rings (SSSR count). The maximum Gasteiger partial charge on any atom is 0.137 e. The van der Waals surface area contributed by atoms with Crippen LogP contribution in [0.1, 0.15) is 38.5 Å². The molecule has 16 heavy (non-hydrogen) atoms. The average molecular weight is 254 g/mol. The van der Waals surface area contributed by atoms with E-state index in [4.69, 9.17) is 11.8 Å². The van der Waals surface area contributed by atoms with Gasteiger partial charge in [0.1, 0.15) is 5.78 Å². The van der Waals surface area contributed by atoms with Gasteiger partial charge in [0, 0.05) is 12.8 Å². The minimum absolute atomic E-state index is 0.464. The van der Waals surface area contributed by atoms with Gasteiger partial charge in [-0.25, -0.2) is 0 Å². The molecule has 0 spiro atoms. The average Bonchev–Trinajstić information content (AvgIpc) is 2.54. The second kappa shape index (κ2) is 3.78. The lowest BCUT2D eigenvalue weighted by Gasteiger charge is -2.36. The maximum absolute atomic E-state index is 11.5. The summed E-state index contributed by atoms with van der Waals surface area (Å²) < 4.78 is 0. The molecule has 0 aromatic heterocycles. The van der Waals surface area contributed by atoms with E-state index in [1.165, 1.54) is 31.0 Å². The Balaban J connectivity index is 1.95. The first kappa shape index (κ1) is 11.2. The zero-order chi connectivity index (χ0) is 11.3. The first-order chi connectivity index (χ1) is 7.58. The van der Waals surface area contributed by atoms with E-state index in [-0.39, 0.29) is 0 Å². The Morgan fingerprint density at radius 3 is 2.88 bits per heavy atom. The molecule has 1 unspecified atom stereocenters. The second-order valence-corrected chi connectivity index (χ2v) is 11.7. The van der Waals surface area contributed by atoms with Crippen LogP contribution in [0, 0.1) is 5.92 Å². The van der Waals surface area contributed by atoms with Gasteiger partial charge in [0.25, 0.3) is 0 Å². The van der Waals surface area contributed by atoms with Crippen molar-refractivity contribution in [2.24, 2.45) is 5.92 Å². The van der Waals surface area contributed by atoms with Crippen molar-refractivity contribution in [3.8, 4) is 0 Å². The quantitative estimate of drug-likeness (QED) is 0.487. The van der Waals surface area contributed by atoms with Crippen molar-refractivity contribution in [2.45, 2.75) is 44.2 Å². The summed E-state index contributed by atoms with van der Waals surface area (Å²) in [5, 5.41) is 0. The highest BCUT2D eigenvalue weighted by Gasteiger charge is 2.43. The van der Waals surface area contributed by atoms with Crippen molar-refractivity contribution < 1.29 is 4.79 Å². The highest BCUT2D eigenvalue weighted by atomic mass is 32.4. The number of hydrogen-bond acceptors (Lipinski definition) is 2. The molecule has 1 heterocycles. The Morgan fingerprint density at radius 2 is 2.06 bits per heavy atom. The molecule has 1 nitrogen and oxygen atoms in total. The summed E-state index contributed by atoms with van der Waals surface area (Å²) in [4.78, 5) is 11.5. The van der Waals surface area contributed by atoms with Gasteiger partial charge in [-0.05, 0) is 56.1 Å². The lowest BCUT2D eigenvalue weighted by atomic mass is 9.74. The third kappa shape index (κ3) is 1.66. The summed E-state index contributed by atoms with van der Waals surface area (Å²) in [6, 6.07) is -1.04. The van der Waals surface area contributed by atoms with Gasteiger partial charge in [0.2, 0.25) is 0 Å². The number of carbonyl (C=O) groups is 1. The topological polar surface area (TPSA) is 17.1 Å². The predicted molar refractivity (Wildman–Crippen MR) is 72.1 cm³/mol. The van der Waals surface area contributed by atoms with Crippen molar-refractivity contribution >= 4 is 23.6 Å². The lowest BCUT2D eigenvalue weighted by Crippen LogP contribution is -2.26. The molecule has 88 valence electrons. The van der Waals surface area contributed by atoms with E-state index in [1.807, 2.05) is 0 Å². The fourth-order valence-corrected chi connectivity index (χ4v) is 7.89. The predicted octanol–water partition coefficient (Wildman–Crippen LogP) is 3.33. The van der Waals surface area contributed by atoms with Crippen LogP contribution in [0.4, 0.5) is 0 Å². The molecule has 2 aliphatic carbocycles. The minimum Gasteiger partial charge on any atom is -0.299 e. The molecule has 0 aromatic carbocycles. The normalized spacial score (nSPS) is 43.2.